The lowest BCUT2D eigenvalue weighted by Gasteiger charge is -2.31. The predicted molar refractivity (Wildman–Crippen MR) is 152 cm³/mol. The van der Waals surface area contributed by atoms with Gasteiger partial charge in [-0.2, -0.15) is 0 Å². The molecular formula is C30H33Cl2N3O. The third-order valence-electron chi connectivity index (χ3n) is 7.30. The number of anilines is 1. The van der Waals surface area contributed by atoms with E-state index in [2.05, 4.69) is 60.6 Å². The fourth-order valence-corrected chi connectivity index (χ4v) is 5.38. The summed E-state index contributed by atoms with van der Waals surface area (Å²) in [5, 5.41) is 1.86. The van der Waals surface area contributed by atoms with Crippen molar-refractivity contribution >= 4 is 46.5 Å². The van der Waals surface area contributed by atoms with Crippen molar-refractivity contribution in [2.24, 2.45) is 0 Å². The summed E-state index contributed by atoms with van der Waals surface area (Å²) in [6.45, 7) is 8.82. The molecule has 0 bridgehead atoms. The molecule has 6 heteroatoms. The molecule has 0 saturated carbocycles. The minimum Gasteiger partial charge on any atom is -0.350 e. The average molecular weight is 523 g/mol. The first kappa shape index (κ1) is 26.2. The first-order valence-electron chi connectivity index (χ1n) is 12.6. The van der Waals surface area contributed by atoms with Crippen LogP contribution in [0.3, 0.4) is 0 Å². The van der Waals surface area contributed by atoms with Crippen molar-refractivity contribution in [3.8, 4) is 0 Å². The number of rotatable bonds is 7. The zero-order valence-corrected chi connectivity index (χ0v) is 22.8. The van der Waals surface area contributed by atoms with Gasteiger partial charge < -0.3 is 9.47 Å². The molecule has 3 heterocycles. The summed E-state index contributed by atoms with van der Waals surface area (Å²) >= 11 is 6.31. The number of carbonyl (C=O) groups excluding carboxylic acids is 1. The zero-order chi connectivity index (χ0) is 24.5. The first-order valence-corrected chi connectivity index (χ1v) is 12.9. The van der Waals surface area contributed by atoms with Crippen molar-refractivity contribution in [1.82, 2.24) is 9.55 Å². The van der Waals surface area contributed by atoms with E-state index in [0.717, 1.165) is 59.7 Å². The van der Waals surface area contributed by atoms with Crippen LogP contribution >= 0.6 is 24.0 Å². The van der Waals surface area contributed by atoms with Gasteiger partial charge in [-0.05, 0) is 67.1 Å². The Morgan fingerprint density at radius 2 is 1.83 bits per heavy atom. The van der Waals surface area contributed by atoms with Crippen LogP contribution in [0.1, 0.15) is 64.6 Å². The smallest absolute Gasteiger partial charge is 0.181 e. The second-order valence-electron chi connectivity index (χ2n) is 9.62. The molecule has 5 rings (SSSR count). The summed E-state index contributed by atoms with van der Waals surface area (Å²) in [7, 11) is 0. The highest BCUT2D eigenvalue weighted by atomic mass is 35.5. The Labute approximate surface area is 224 Å². The molecule has 36 heavy (non-hydrogen) atoms. The number of aromatic nitrogens is 2. The minimum atomic E-state index is 0. The summed E-state index contributed by atoms with van der Waals surface area (Å²) in [6.07, 6.45) is 3.40. The maximum absolute atomic E-state index is 13.1. The summed E-state index contributed by atoms with van der Waals surface area (Å²) in [5.41, 5.74) is 7.96. The topological polar surface area (TPSA) is 38.1 Å². The number of pyridine rings is 1. The van der Waals surface area contributed by atoms with Gasteiger partial charge in [-0.1, -0.05) is 61.3 Å². The van der Waals surface area contributed by atoms with E-state index in [-0.39, 0.29) is 18.2 Å². The molecule has 0 saturated heterocycles. The lowest BCUT2D eigenvalue weighted by molar-refractivity contribution is 0.0975. The van der Waals surface area contributed by atoms with Gasteiger partial charge in [0.2, 0.25) is 0 Å². The molecular weight excluding hydrogens is 489 g/mol. The van der Waals surface area contributed by atoms with E-state index in [0.29, 0.717) is 18.7 Å². The van der Waals surface area contributed by atoms with Crippen LogP contribution < -0.4 is 4.90 Å². The SMILES string of the molecule is CCCCC(=O)c1cc2c(C)c(C)n(Cc3cccc(Cl)c3)c2c(N2CCc3ccccc3C2)n1.Cl. The number of nitrogens with zero attached hydrogens (tertiary/aromatic N) is 3. The number of halogens is 2. The number of ketones is 1. The molecule has 4 nitrogen and oxygen atoms in total. The first-order chi connectivity index (χ1) is 17.0. The van der Waals surface area contributed by atoms with Crippen molar-refractivity contribution in [2.75, 3.05) is 11.4 Å². The van der Waals surface area contributed by atoms with Gasteiger partial charge in [0.25, 0.3) is 0 Å². The third kappa shape index (κ3) is 5.02. The van der Waals surface area contributed by atoms with E-state index in [1.165, 1.54) is 22.4 Å². The van der Waals surface area contributed by atoms with Gasteiger partial charge in [0.1, 0.15) is 5.69 Å². The van der Waals surface area contributed by atoms with Gasteiger partial charge in [0.05, 0.1) is 5.52 Å². The third-order valence-corrected chi connectivity index (χ3v) is 7.53. The number of unbranched alkanes of at least 4 members (excludes halogenated alkanes) is 1. The van der Waals surface area contributed by atoms with Gasteiger partial charge in [0, 0.05) is 42.2 Å². The molecule has 0 radical (unpaired) electrons. The van der Waals surface area contributed by atoms with Crippen molar-refractivity contribution in [3.63, 3.8) is 0 Å². The van der Waals surface area contributed by atoms with E-state index in [1.54, 1.807) is 0 Å². The fourth-order valence-electron chi connectivity index (χ4n) is 5.16. The number of hydrogen-bond donors (Lipinski definition) is 0. The van der Waals surface area contributed by atoms with E-state index in [4.69, 9.17) is 16.6 Å². The summed E-state index contributed by atoms with van der Waals surface area (Å²) in [6, 6.07) is 18.7. The molecule has 188 valence electrons. The van der Waals surface area contributed by atoms with Crippen molar-refractivity contribution in [3.05, 3.63) is 93.3 Å². The highest BCUT2D eigenvalue weighted by molar-refractivity contribution is 6.30. The van der Waals surface area contributed by atoms with Gasteiger partial charge in [0.15, 0.2) is 11.6 Å². The average Bonchev–Trinajstić information content (AvgIpc) is 3.11. The van der Waals surface area contributed by atoms with Crippen molar-refractivity contribution in [1.29, 1.82) is 0 Å². The summed E-state index contributed by atoms with van der Waals surface area (Å²) in [5.74, 6) is 1.04. The second-order valence-corrected chi connectivity index (χ2v) is 10.1. The highest BCUT2D eigenvalue weighted by Crippen LogP contribution is 2.36. The fraction of sp³-hybridized carbons (Fsp3) is 0.333. The summed E-state index contributed by atoms with van der Waals surface area (Å²) < 4.78 is 2.35. The predicted octanol–water partition coefficient (Wildman–Crippen LogP) is 7.71. The molecule has 0 aliphatic carbocycles. The Morgan fingerprint density at radius 1 is 1.06 bits per heavy atom. The highest BCUT2D eigenvalue weighted by Gasteiger charge is 2.25. The van der Waals surface area contributed by atoms with Crippen LogP contribution in [0, 0.1) is 13.8 Å². The van der Waals surface area contributed by atoms with Crippen LogP contribution in [0.15, 0.2) is 54.6 Å². The molecule has 4 aromatic rings. The maximum atomic E-state index is 13.1. The molecule has 0 N–H and O–H groups in total. The monoisotopic (exact) mass is 521 g/mol. The lowest BCUT2D eigenvalue weighted by atomic mass is 9.99. The molecule has 0 spiro atoms. The Kier molecular flexibility index (Phi) is 8.07. The van der Waals surface area contributed by atoms with Crippen LogP contribution in [0.4, 0.5) is 5.82 Å². The van der Waals surface area contributed by atoms with E-state index >= 15 is 0 Å². The number of aryl methyl sites for hydroxylation is 1. The van der Waals surface area contributed by atoms with Crippen molar-refractivity contribution in [2.45, 2.75) is 59.5 Å². The molecule has 0 amide bonds. The number of carbonyl (C=O) groups is 1. The number of benzene rings is 2. The summed E-state index contributed by atoms with van der Waals surface area (Å²) in [4.78, 5) is 20.5. The van der Waals surface area contributed by atoms with E-state index in [9.17, 15) is 4.79 Å². The Hall–Kier alpha value is -2.82. The van der Waals surface area contributed by atoms with Gasteiger partial charge in [-0.15, -0.1) is 12.4 Å². The Bertz CT molecular complexity index is 1410. The molecule has 0 fully saturated rings. The van der Waals surface area contributed by atoms with E-state index < -0.39 is 0 Å². The molecule has 1 aliphatic rings. The molecule has 1 aliphatic heterocycles. The van der Waals surface area contributed by atoms with Gasteiger partial charge in [-0.3, -0.25) is 4.79 Å². The van der Waals surface area contributed by atoms with E-state index in [1.807, 2.05) is 24.3 Å². The van der Waals surface area contributed by atoms with Crippen molar-refractivity contribution < 1.29 is 4.79 Å². The van der Waals surface area contributed by atoms with Crippen LogP contribution in [-0.2, 0) is 19.5 Å². The second kappa shape index (κ2) is 11.1. The Morgan fingerprint density at radius 3 is 2.58 bits per heavy atom. The number of Topliss-reactive ketones (excluding diaryl/α,β-unsaturated/α-hetero) is 1. The van der Waals surface area contributed by atoms with Crippen LogP contribution in [-0.4, -0.2) is 21.9 Å². The van der Waals surface area contributed by atoms with Gasteiger partial charge >= 0.3 is 0 Å². The molecule has 0 unspecified atom stereocenters. The van der Waals surface area contributed by atoms with Crippen LogP contribution in [0.2, 0.25) is 5.02 Å². The Balaban J connectivity index is 0.00000304. The maximum Gasteiger partial charge on any atom is 0.181 e. The van der Waals surface area contributed by atoms with Crippen LogP contribution in [0.25, 0.3) is 10.9 Å². The standard InChI is InChI=1S/C30H32ClN3O.ClH/c1-4-5-13-28(35)27-17-26-20(2)21(3)34(18-22-9-8-12-25(31)16-22)29(26)30(32-27)33-15-14-23-10-6-7-11-24(23)19-33;/h6-12,16-17H,4-5,13-15,18-19H2,1-3H3;1H. The molecule has 2 aromatic heterocycles. The van der Waals surface area contributed by atoms with Gasteiger partial charge in [-0.25, -0.2) is 4.98 Å². The normalized spacial score (nSPS) is 12.9. The minimum absolute atomic E-state index is 0. The molecule has 2 aromatic carbocycles. The quantitative estimate of drug-likeness (QED) is 0.233. The number of fused-ring (bicyclic) bond motifs is 2. The van der Waals surface area contributed by atoms with Crippen LogP contribution in [0.5, 0.6) is 0 Å². The zero-order valence-electron chi connectivity index (χ0n) is 21.2. The lowest BCUT2D eigenvalue weighted by Crippen LogP contribution is -2.32. The number of hydrogen-bond acceptors (Lipinski definition) is 3. The molecule has 0 atom stereocenters. The largest absolute Gasteiger partial charge is 0.350 e.